The molecular formula is C11H20N2O. The van der Waals surface area contributed by atoms with Crippen LogP contribution in [0.4, 0.5) is 0 Å². The highest BCUT2D eigenvalue weighted by atomic mass is 16.1. The first-order valence-corrected chi connectivity index (χ1v) is 5.67. The summed E-state index contributed by atoms with van der Waals surface area (Å²) in [5.74, 6) is 1.21. The monoisotopic (exact) mass is 196 g/mol. The van der Waals surface area contributed by atoms with Crippen LogP contribution in [0.5, 0.6) is 0 Å². The smallest absolute Gasteiger partial charge is 0.234 e. The van der Waals surface area contributed by atoms with Crippen LogP contribution in [-0.4, -0.2) is 17.5 Å². The maximum atomic E-state index is 11.1. The van der Waals surface area contributed by atoms with Crippen molar-refractivity contribution in [2.75, 3.05) is 0 Å². The molecule has 2 aliphatic rings. The molecule has 1 saturated heterocycles. The number of nitrogens with one attached hydrogen (secondary N) is 1. The fourth-order valence-corrected chi connectivity index (χ4v) is 3.11. The van der Waals surface area contributed by atoms with Crippen molar-refractivity contribution in [3.63, 3.8) is 0 Å². The summed E-state index contributed by atoms with van der Waals surface area (Å²) in [7, 11) is 0. The standard InChI is InChI=1S/C11H20N2O/c1-3-4-7(2)11-6-8(11)5-9(13-11)10(12)14/h7-9,13H,3-6H2,1-2H3,(H2,12,14)/t7-,8?,9?,11?/m1/s1. The van der Waals surface area contributed by atoms with E-state index in [1.165, 1.54) is 19.3 Å². The highest BCUT2D eigenvalue weighted by Crippen LogP contribution is 2.56. The zero-order valence-corrected chi connectivity index (χ0v) is 9.05. The third kappa shape index (κ3) is 1.34. The van der Waals surface area contributed by atoms with Crippen molar-refractivity contribution in [1.82, 2.24) is 5.32 Å². The van der Waals surface area contributed by atoms with E-state index in [4.69, 9.17) is 5.73 Å². The molecular weight excluding hydrogens is 176 g/mol. The molecule has 1 aliphatic carbocycles. The molecule has 1 heterocycles. The zero-order valence-electron chi connectivity index (χ0n) is 9.05. The molecule has 3 N–H and O–H groups in total. The highest BCUT2D eigenvalue weighted by molar-refractivity contribution is 5.80. The van der Waals surface area contributed by atoms with Crippen molar-refractivity contribution in [3.05, 3.63) is 0 Å². The molecule has 14 heavy (non-hydrogen) atoms. The van der Waals surface area contributed by atoms with Gasteiger partial charge in [-0.15, -0.1) is 0 Å². The number of primary amides is 1. The lowest BCUT2D eigenvalue weighted by molar-refractivity contribution is -0.120. The fourth-order valence-electron chi connectivity index (χ4n) is 3.11. The van der Waals surface area contributed by atoms with E-state index in [-0.39, 0.29) is 17.5 Å². The molecule has 0 aromatic heterocycles. The Morgan fingerprint density at radius 3 is 2.93 bits per heavy atom. The third-order valence-corrected chi connectivity index (χ3v) is 4.06. The lowest BCUT2D eigenvalue weighted by atomic mass is 9.94. The lowest BCUT2D eigenvalue weighted by Crippen LogP contribution is -2.46. The first-order chi connectivity index (χ1) is 6.60. The van der Waals surface area contributed by atoms with Crippen LogP contribution in [0.15, 0.2) is 0 Å². The minimum atomic E-state index is -0.180. The van der Waals surface area contributed by atoms with Gasteiger partial charge in [-0.1, -0.05) is 20.3 Å². The topological polar surface area (TPSA) is 55.1 Å². The molecule has 1 amide bonds. The molecule has 2 fully saturated rings. The third-order valence-electron chi connectivity index (χ3n) is 4.06. The Labute approximate surface area is 85.4 Å². The van der Waals surface area contributed by atoms with E-state index in [1.54, 1.807) is 0 Å². The molecule has 0 radical (unpaired) electrons. The highest BCUT2D eigenvalue weighted by Gasteiger charge is 2.63. The molecule has 4 atom stereocenters. The van der Waals surface area contributed by atoms with E-state index in [0.717, 1.165) is 6.42 Å². The Kier molecular flexibility index (Phi) is 2.30. The van der Waals surface area contributed by atoms with Gasteiger partial charge in [0.15, 0.2) is 0 Å². The van der Waals surface area contributed by atoms with E-state index in [9.17, 15) is 4.79 Å². The fraction of sp³-hybridized carbons (Fsp3) is 0.909. The van der Waals surface area contributed by atoms with Crippen LogP contribution < -0.4 is 11.1 Å². The normalized spacial score (nSPS) is 41.9. The Balaban J connectivity index is 1.98. The van der Waals surface area contributed by atoms with E-state index in [1.807, 2.05) is 0 Å². The van der Waals surface area contributed by atoms with E-state index in [0.29, 0.717) is 11.8 Å². The number of carbonyl (C=O) groups is 1. The minimum Gasteiger partial charge on any atom is -0.368 e. The average molecular weight is 196 g/mol. The SMILES string of the molecule is CCC[C@@H](C)C12CC1CC(C(N)=O)N2. The number of amides is 1. The van der Waals surface area contributed by atoms with Crippen LogP contribution in [0.25, 0.3) is 0 Å². The van der Waals surface area contributed by atoms with Gasteiger partial charge >= 0.3 is 0 Å². The summed E-state index contributed by atoms with van der Waals surface area (Å²) < 4.78 is 0. The molecule has 80 valence electrons. The number of rotatable bonds is 4. The van der Waals surface area contributed by atoms with Crippen molar-refractivity contribution < 1.29 is 4.79 Å². The van der Waals surface area contributed by atoms with Crippen LogP contribution in [0.3, 0.4) is 0 Å². The van der Waals surface area contributed by atoms with Gasteiger partial charge in [0.25, 0.3) is 0 Å². The summed E-state index contributed by atoms with van der Waals surface area (Å²) in [4.78, 5) is 11.1. The summed E-state index contributed by atoms with van der Waals surface area (Å²) in [6.45, 7) is 4.50. The van der Waals surface area contributed by atoms with Crippen LogP contribution in [-0.2, 0) is 4.79 Å². The second-order valence-electron chi connectivity index (χ2n) is 4.97. The molecule has 1 saturated carbocycles. The quantitative estimate of drug-likeness (QED) is 0.705. The number of hydrogen-bond acceptors (Lipinski definition) is 2. The zero-order chi connectivity index (χ0) is 10.3. The van der Waals surface area contributed by atoms with Crippen molar-refractivity contribution >= 4 is 5.91 Å². The second kappa shape index (κ2) is 3.23. The van der Waals surface area contributed by atoms with Crippen molar-refractivity contribution in [2.45, 2.75) is 51.1 Å². The van der Waals surface area contributed by atoms with E-state index >= 15 is 0 Å². The van der Waals surface area contributed by atoms with Gasteiger partial charge in [0.2, 0.25) is 5.91 Å². The Morgan fingerprint density at radius 1 is 1.71 bits per heavy atom. The predicted octanol–water partition coefficient (Wildman–Crippen LogP) is 1.03. The largest absolute Gasteiger partial charge is 0.368 e. The Bertz CT molecular complexity index is 254. The van der Waals surface area contributed by atoms with Gasteiger partial charge in [-0.3, -0.25) is 10.1 Å². The molecule has 1 aliphatic heterocycles. The number of carbonyl (C=O) groups excluding carboxylic acids is 1. The molecule has 0 aromatic rings. The number of hydrogen-bond donors (Lipinski definition) is 2. The van der Waals surface area contributed by atoms with Crippen molar-refractivity contribution in [1.29, 1.82) is 0 Å². The second-order valence-corrected chi connectivity index (χ2v) is 4.97. The summed E-state index contributed by atoms with van der Waals surface area (Å²) >= 11 is 0. The van der Waals surface area contributed by atoms with Gasteiger partial charge in [-0.25, -0.2) is 0 Å². The van der Waals surface area contributed by atoms with E-state index in [2.05, 4.69) is 19.2 Å². The van der Waals surface area contributed by atoms with Gasteiger partial charge in [0.1, 0.15) is 0 Å². The first-order valence-electron chi connectivity index (χ1n) is 5.67. The van der Waals surface area contributed by atoms with Crippen LogP contribution in [0.1, 0.15) is 39.5 Å². The summed E-state index contributed by atoms with van der Waals surface area (Å²) in [6.07, 6.45) is 4.68. The van der Waals surface area contributed by atoms with Crippen LogP contribution in [0, 0.1) is 11.8 Å². The van der Waals surface area contributed by atoms with Gasteiger partial charge < -0.3 is 5.73 Å². The number of nitrogens with two attached hydrogens (primary N) is 1. The molecule has 0 aromatic carbocycles. The summed E-state index contributed by atoms with van der Waals surface area (Å²) in [5, 5.41) is 3.45. The summed E-state index contributed by atoms with van der Waals surface area (Å²) in [5.41, 5.74) is 5.59. The molecule has 0 spiro atoms. The average Bonchev–Trinajstić information content (AvgIpc) is 2.70. The number of piperidine rings is 1. The van der Waals surface area contributed by atoms with Gasteiger partial charge in [0.05, 0.1) is 6.04 Å². The lowest BCUT2D eigenvalue weighted by Gasteiger charge is -2.24. The predicted molar refractivity (Wildman–Crippen MR) is 55.6 cm³/mol. The Hall–Kier alpha value is -0.570. The van der Waals surface area contributed by atoms with Crippen molar-refractivity contribution in [2.24, 2.45) is 17.6 Å². The Morgan fingerprint density at radius 2 is 2.43 bits per heavy atom. The van der Waals surface area contributed by atoms with Crippen molar-refractivity contribution in [3.8, 4) is 0 Å². The van der Waals surface area contributed by atoms with E-state index < -0.39 is 0 Å². The molecule has 2 rings (SSSR count). The van der Waals surface area contributed by atoms with Gasteiger partial charge in [-0.05, 0) is 31.1 Å². The first kappa shape index (κ1) is 9.97. The molecule has 3 nitrogen and oxygen atoms in total. The van der Waals surface area contributed by atoms with Crippen LogP contribution >= 0.6 is 0 Å². The number of fused-ring (bicyclic) bond motifs is 1. The van der Waals surface area contributed by atoms with Gasteiger partial charge in [-0.2, -0.15) is 0 Å². The maximum Gasteiger partial charge on any atom is 0.234 e. The summed E-state index contributed by atoms with van der Waals surface area (Å²) in [6, 6.07) is -0.0620. The molecule has 0 bridgehead atoms. The maximum absolute atomic E-state index is 11.1. The molecule has 3 heteroatoms. The minimum absolute atomic E-state index is 0.0620. The van der Waals surface area contributed by atoms with Crippen LogP contribution in [0.2, 0.25) is 0 Å². The molecule has 3 unspecified atom stereocenters. The van der Waals surface area contributed by atoms with Gasteiger partial charge in [0, 0.05) is 5.54 Å².